The molecule has 1 rings (SSSR count). The van der Waals surface area contributed by atoms with Gasteiger partial charge in [-0.15, -0.1) is 6.58 Å². The number of benzene rings is 1. The topological polar surface area (TPSA) is 98.6 Å². The van der Waals surface area contributed by atoms with Crippen molar-refractivity contribution >= 4 is 5.69 Å². The molecule has 18 heavy (non-hydrogen) atoms. The lowest BCUT2D eigenvalue weighted by Crippen LogP contribution is -2.11. The fourth-order valence-electron chi connectivity index (χ4n) is 1.64. The number of aromatic hydroxyl groups is 1. The minimum atomic E-state index is -0.559. The highest BCUT2D eigenvalue weighted by atomic mass is 16.6. The number of hydrogen-bond acceptors (Lipinski definition) is 5. The first-order chi connectivity index (χ1) is 8.36. The zero-order valence-corrected chi connectivity index (χ0v) is 10.3. The van der Waals surface area contributed by atoms with Crippen LogP contribution in [0.1, 0.15) is 24.9 Å². The Morgan fingerprint density at radius 1 is 1.67 bits per heavy atom. The van der Waals surface area contributed by atoms with Gasteiger partial charge < -0.3 is 15.6 Å². The minimum Gasteiger partial charge on any atom is -0.504 e. The molecule has 0 fully saturated rings. The van der Waals surface area contributed by atoms with E-state index in [1.54, 1.807) is 6.92 Å². The highest BCUT2D eigenvalue weighted by Crippen LogP contribution is 2.38. The van der Waals surface area contributed by atoms with Gasteiger partial charge in [0.25, 0.3) is 5.69 Å². The van der Waals surface area contributed by atoms with Crippen LogP contribution in [0.25, 0.3) is 0 Å². The Kier molecular flexibility index (Phi) is 4.28. The van der Waals surface area contributed by atoms with Gasteiger partial charge in [-0.2, -0.15) is 0 Å². The first kappa shape index (κ1) is 14.0. The van der Waals surface area contributed by atoms with Gasteiger partial charge in [-0.05, 0) is 13.3 Å². The third-order valence-corrected chi connectivity index (χ3v) is 2.49. The zero-order valence-electron chi connectivity index (χ0n) is 10.3. The first-order valence-corrected chi connectivity index (χ1v) is 5.32. The van der Waals surface area contributed by atoms with E-state index in [0.29, 0.717) is 6.42 Å². The molecule has 0 aliphatic heterocycles. The molecule has 1 aromatic carbocycles. The quantitative estimate of drug-likeness (QED) is 0.476. The van der Waals surface area contributed by atoms with Crippen molar-refractivity contribution in [2.75, 3.05) is 7.11 Å². The van der Waals surface area contributed by atoms with E-state index in [1.807, 2.05) is 0 Å². The van der Waals surface area contributed by atoms with Crippen LogP contribution in [0.2, 0.25) is 0 Å². The van der Waals surface area contributed by atoms with E-state index in [0.717, 1.165) is 11.6 Å². The predicted molar refractivity (Wildman–Crippen MR) is 67.7 cm³/mol. The van der Waals surface area contributed by atoms with Crippen LogP contribution in [-0.4, -0.2) is 17.1 Å². The lowest BCUT2D eigenvalue weighted by molar-refractivity contribution is -0.385. The van der Waals surface area contributed by atoms with Gasteiger partial charge >= 0.3 is 0 Å². The summed E-state index contributed by atoms with van der Waals surface area (Å²) in [7, 11) is 1.33. The second-order valence-corrected chi connectivity index (χ2v) is 4.11. The van der Waals surface area contributed by atoms with E-state index < -0.39 is 11.0 Å². The van der Waals surface area contributed by atoms with Gasteiger partial charge in [-0.25, -0.2) is 0 Å². The number of nitrogens with two attached hydrogens (primary N) is 1. The van der Waals surface area contributed by atoms with Crippen molar-refractivity contribution in [3.05, 3.63) is 40.0 Å². The Bertz CT molecular complexity index is 485. The summed E-state index contributed by atoms with van der Waals surface area (Å²) in [5, 5.41) is 20.7. The molecule has 0 bridgehead atoms. The normalized spacial score (nSPS) is 11.9. The molecule has 98 valence electrons. The average molecular weight is 252 g/mol. The molecular weight excluding hydrogens is 236 g/mol. The van der Waals surface area contributed by atoms with Crippen LogP contribution < -0.4 is 10.5 Å². The predicted octanol–water partition coefficient (Wildman–Crippen LogP) is 2.28. The molecule has 6 heteroatoms. The van der Waals surface area contributed by atoms with Crippen molar-refractivity contribution < 1.29 is 14.8 Å². The van der Waals surface area contributed by atoms with E-state index in [9.17, 15) is 15.2 Å². The minimum absolute atomic E-state index is 0.0383. The molecule has 3 N–H and O–H groups in total. The summed E-state index contributed by atoms with van der Waals surface area (Å²) < 4.78 is 4.90. The SMILES string of the molecule is C=C(C)C[C@@H](N)c1cc([N+](=O)[O-])cc(OC)c1O. The number of hydrogen-bond donors (Lipinski definition) is 2. The largest absolute Gasteiger partial charge is 0.504 e. The first-order valence-electron chi connectivity index (χ1n) is 5.32. The summed E-state index contributed by atoms with van der Waals surface area (Å²) in [6.45, 7) is 5.52. The van der Waals surface area contributed by atoms with Crippen LogP contribution in [0.15, 0.2) is 24.3 Å². The maximum atomic E-state index is 10.8. The van der Waals surface area contributed by atoms with Gasteiger partial charge in [-0.1, -0.05) is 5.57 Å². The van der Waals surface area contributed by atoms with E-state index in [1.165, 1.54) is 13.2 Å². The number of nitro groups is 1. The molecule has 0 aliphatic carbocycles. The van der Waals surface area contributed by atoms with Gasteiger partial charge in [-0.3, -0.25) is 10.1 Å². The molecule has 0 spiro atoms. The average Bonchev–Trinajstić information content (AvgIpc) is 2.27. The monoisotopic (exact) mass is 252 g/mol. The summed E-state index contributed by atoms with van der Waals surface area (Å²) >= 11 is 0. The van der Waals surface area contributed by atoms with Gasteiger partial charge in [0.15, 0.2) is 11.5 Å². The summed E-state index contributed by atoms with van der Waals surface area (Å²) in [4.78, 5) is 10.2. The lowest BCUT2D eigenvalue weighted by atomic mass is 9.99. The van der Waals surface area contributed by atoms with E-state index >= 15 is 0 Å². The number of nitro benzene ring substituents is 1. The van der Waals surface area contributed by atoms with Crippen molar-refractivity contribution in [3.8, 4) is 11.5 Å². The molecule has 0 aliphatic rings. The number of nitrogens with zero attached hydrogens (tertiary/aromatic N) is 1. The fraction of sp³-hybridized carbons (Fsp3) is 0.333. The van der Waals surface area contributed by atoms with E-state index in [4.69, 9.17) is 10.5 Å². The molecule has 1 aromatic rings. The summed E-state index contributed by atoms with van der Waals surface area (Å²) in [6.07, 6.45) is 0.428. The van der Waals surface area contributed by atoms with Crippen LogP contribution in [0.3, 0.4) is 0 Å². The number of phenolic OH excluding ortho intramolecular Hbond substituents is 1. The summed E-state index contributed by atoms with van der Waals surface area (Å²) in [6, 6.07) is 1.86. The maximum absolute atomic E-state index is 10.8. The second-order valence-electron chi connectivity index (χ2n) is 4.11. The smallest absolute Gasteiger partial charge is 0.273 e. The zero-order chi connectivity index (χ0) is 13.9. The Morgan fingerprint density at radius 3 is 2.72 bits per heavy atom. The number of ether oxygens (including phenoxy) is 1. The van der Waals surface area contributed by atoms with Crippen LogP contribution >= 0.6 is 0 Å². The molecule has 1 atom stereocenters. The Hall–Kier alpha value is -2.08. The Labute approximate surface area is 105 Å². The molecule has 0 unspecified atom stereocenters. The molecular formula is C12H16N2O4. The molecule has 0 amide bonds. The lowest BCUT2D eigenvalue weighted by Gasteiger charge is -2.15. The Morgan fingerprint density at radius 2 is 2.28 bits per heavy atom. The van der Waals surface area contributed by atoms with Gasteiger partial charge in [0.1, 0.15) is 0 Å². The van der Waals surface area contributed by atoms with Crippen molar-refractivity contribution in [1.29, 1.82) is 0 Å². The van der Waals surface area contributed by atoms with Crippen molar-refractivity contribution in [3.63, 3.8) is 0 Å². The van der Waals surface area contributed by atoms with Crippen LogP contribution in [0.4, 0.5) is 5.69 Å². The maximum Gasteiger partial charge on any atom is 0.273 e. The van der Waals surface area contributed by atoms with E-state index in [2.05, 4.69) is 6.58 Å². The third-order valence-electron chi connectivity index (χ3n) is 2.49. The molecule has 0 radical (unpaired) electrons. The van der Waals surface area contributed by atoms with Crippen LogP contribution in [0, 0.1) is 10.1 Å². The van der Waals surface area contributed by atoms with E-state index in [-0.39, 0.29) is 22.7 Å². The standard InChI is InChI=1S/C12H16N2O4/c1-7(2)4-10(13)9-5-8(14(16)17)6-11(18-3)12(9)15/h5-6,10,15H,1,4,13H2,2-3H3/t10-/m1/s1. The molecule has 0 heterocycles. The number of rotatable bonds is 5. The van der Waals surface area contributed by atoms with Crippen LogP contribution in [0.5, 0.6) is 11.5 Å². The second kappa shape index (κ2) is 5.50. The fourth-order valence-corrected chi connectivity index (χ4v) is 1.64. The number of phenols is 1. The number of methoxy groups -OCH3 is 1. The highest BCUT2D eigenvalue weighted by Gasteiger charge is 2.20. The van der Waals surface area contributed by atoms with Gasteiger partial charge in [0.2, 0.25) is 0 Å². The van der Waals surface area contributed by atoms with Gasteiger partial charge in [0.05, 0.1) is 18.1 Å². The van der Waals surface area contributed by atoms with Crippen LogP contribution in [-0.2, 0) is 0 Å². The van der Waals surface area contributed by atoms with Crippen molar-refractivity contribution in [1.82, 2.24) is 0 Å². The molecule has 6 nitrogen and oxygen atoms in total. The highest BCUT2D eigenvalue weighted by molar-refractivity contribution is 5.54. The molecule has 0 aromatic heterocycles. The van der Waals surface area contributed by atoms with Crippen molar-refractivity contribution in [2.24, 2.45) is 5.73 Å². The van der Waals surface area contributed by atoms with Crippen molar-refractivity contribution in [2.45, 2.75) is 19.4 Å². The molecule has 0 saturated carbocycles. The summed E-state index contributed by atoms with van der Waals surface area (Å²) in [5.74, 6) is -0.131. The number of non-ortho nitro benzene ring substituents is 1. The summed E-state index contributed by atoms with van der Waals surface area (Å²) in [5.41, 5.74) is 6.83. The van der Waals surface area contributed by atoms with Gasteiger partial charge in [0, 0.05) is 17.7 Å². The third kappa shape index (κ3) is 2.98. The molecule has 0 saturated heterocycles. The Balaban J connectivity index is 3.28.